The Balaban J connectivity index is 1.52. The first-order chi connectivity index (χ1) is 10.9. The van der Waals surface area contributed by atoms with Crippen LogP contribution in [0, 0.1) is 11.8 Å². The van der Waals surface area contributed by atoms with Gasteiger partial charge in [-0.3, -0.25) is 0 Å². The summed E-state index contributed by atoms with van der Waals surface area (Å²) in [6, 6.07) is 10.6. The molecule has 0 unspecified atom stereocenters. The second-order valence-corrected chi connectivity index (χ2v) is 7.09. The van der Waals surface area contributed by atoms with Crippen LogP contribution in [0.15, 0.2) is 53.6 Å². The zero-order chi connectivity index (χ0) is 14.8. The van der Waals surface area contributed by atoms with Gasteiger partial charge in [0.1, 0.15) is 0 Å². The van der Waals surface area contributed by atoms with E-state index in [1.54, 1.807) is 11.1 Å². The van der Waals surface area contributed by atoms with Crippen molar-refractivity contribution >= 4 is 0 Å². The minimum absolute atomic E-state index is 0.423. The van der Waals surface area contributed by atoms with Crippen LogP contribution in [0.3, 0.4) is 0 Å². The van der Waals surface area contributed by atoms with E-state index in [2.05, 4.69) is 42.5 Å². The summed E-state index contributed by atoms with van der Waals surface area (Å²) in [5.41, 5.74) is 4.69. The molecule has 0 bridgehead atoms. The Hall–Kier alpha value is -1.34. The van der Waals surface area contributed by atoms with E-state index >= 15 is 0 Å². The fraction of sp³-hybridized carbons (Fsp3) is 0.524. The molecular weight excluding hydrogens is 268 g/mol. The van der Waals surface area contributed by atoms with Crippen LogP contribution in [0.1, 0.15) is 50.5 Å². The molecule has 3 atom stereocenters. The van der Waals surface area contributed by atoms with Crippen LogP contribution >= 0.6 is 0 Å². The second-order valence-electron chi connectivity index (χ2n) is 7.09. The van der Waals surface area contributed by atoms with Crippen molar-refractivity contribution in [1.82, 2.24) is 0 Å². The van der Waals surface area contributed by atoms with Crippen molar-refractivity contribution in [2.24, 2.45) is 11.8 Å². The van der Waals surface area contributed by atoms with E-state index in [0.29, 0.717) is 12.0 Å². The lowest BCUT2D eigenvalue weighted by molar-refractivity contribution is -0.0332. The molecule has 3 aliphatic rings. The number of hydrogen-bond acceptors (Lipinski definition) is 1. The molecule has 0 aliphatic heterocycles. The largest absolute Gasteiger partial charge is 0.373 e. The predicted molar refractivity (Wildman–Crippen MR) is 90.5 cm³/mol. The third-order valence-electron chi connectivity index (χ3n) is 5.77. The molecular formula is C21H26O. The molecule has 22 heavy (non-hydrogen) atoms. The molecule has 1 aromatic carbocycles. The lowest BCUT2D eigenvalue weighted by Crippen LogP contribution is -2.38. The highest BCUT2D eigenvalue weighted by Crippen LogP contribution is 2.47. The summed E-state index contributed by atoms with van der Waals surface area (Å²) in [5, 5.41) is 0. The fourth-order valence-electron chi connectivity index (χ4n) is 4.69. The van der Waals surface area contributed by atoms with E-state index in [4.69, 9.17) is 4.74 Å². The Labute approximate surface area is 134 Å². The Morgan fingerprint density at radius 3 is 2.82 bits per heavy atom. The Morgan fingerprint density at radius 1 is 1.00 bits per heavy atom. The van der Waals surface area contributed by atoms with Crippen molar-refractivity contribution in [3.63, 3.8) is 0 Å². The smallest absolute Gasteiger partial charge is 0.0720 e. The lowest BCUT2D eigenvalue weighted by atomic mass is 9.65. The van der Waals surface area contributed by atoms with Crippen LogP contribution in [0.2, 0.25) is 0 Å². The fourth-order valence-corrected chi connectivity index (χ4v) is 4.69. The number of benzene rings is 1. The van der Waals surface area contributed by atoms with E-state index in [0.717, 1.165) is 12.5 Å². The standard InChI is InChI=1S/C21H26O/c1-2-7-16(8-3-1)15-22-20-12-6-10-18-14-13-17-9-4-5-11-19(17)21(18)20/h1-3,5,7-8,11,18,20-21H,4,6,9-10,12-15H2/t18-,20-,21-/m0/s1. The van der Waals surface area contributed by atoms with Gasteiger partial charge in [0.25, 0.3) is 0 Å². The normalized spacial score (nSPS) is 30.8. The van der Waals surface area contributed by atoms with Crippen LogP contribution in [-0.2, 0) is 11.3 Å². The molecule has 1 heteroatoms. The first-order valence-corrected chi connectivity index (χ1v) is 8.96. The summed E-state index contributed by atoms with van der Waals surface area (Å²) in [5.74, 6) is 1.52. The van der Waals surface area contributed by atoms with Gasteiger partial charge in [-0.2, -0.15) is 0 Å². The molecule has 0 radical (unpaired) electrons. The van der Waals surface area contributed by atoms with Gasteiger partial charge in [-0.15, -0.1) is 0 Å². The number of rotatable bonds is 3. The molecule has 0 saturated heterocycles. The maximum Gasteiger partial charge on any atom is 0.0720 e. The molecule has 1 fully saturated rings. The highest BCUT2D eigenvalue weighted by atomic mass is 16.5. The van der Waals surface area contributed by atoms with Crippen LogP contribution in [0.4, 0.5) is 0 Å². The first-order valence-electron chi connectivity index (χ1n) is 8.96. The summed E-state index contributed by atoms with van der Waals surface area (Å²) in [6.45, 7) is 0.765. The number of fused-ring (bicyclic) bond motifs is 2. The van der Waals surface area contributed by atoms with Crippen molar-refractivity contribution in [2.45, 2.75) is 57.7 Å². The van der Waals surface area contributed by atoms with Crippen LogP contribution in [-0.4, -0.2) is 6.10 Å². The molecule has 3 aliphatic carbocycles. The van der Waals surface area contributed by atoms with Crippen molar-refractivity contribution in [2.75, 3.05) is 0 Å². The minimum Gasteiger partial charge on any atom is -0.373 e. The molecule has 0 heterocycles. The number of hydrogen-bond donors (Lipinski definition) is 0. The third-order valence-corrected chi connectivity index (χ3v) is 5.77. The Bertz CT molecular complexity index is 569. The first kappa shape index (κ1) is 14.3. The molecule has 1 aromatic rings. The monoisotopic (exact) mass is 294 g/mol. The zero-order valence-electron chi connectivity index (χ0n) is 13.3. The van der Waals surface area contributed by atoms with Crippen LogP contribution in [0.25, 0.3) is 0 Å². The molecule has 0 aromatic heterocycles. The van der Waals surface area contributed by atoms with Crippen molar-refractivity contribution < 1.29 is 4.74 Å². The maximum absolute atomic E-state index is 6.42. The molecule has 1 saturated carbocycles. The summed E-state index contributed by atoms with van der Waals surface area (Å²) in [7, 11) is 0. The van der Waals surface area contributed by atoms with E-state index in [1.807, 2.05) is 0 Å². The van der Waals surface area contributed by atoms with Gasteiger partial charge in [-0.25, -0.2) is 0 Å². The van der Waals surface area contributed by atoms with Gasteiger partial charge in [0, 0.05) is 5.92 Å². The molecule has 1 nitrogen and oxygen atoms in total. The Kier molecular flexibility index (Phi) is 4.16. The van der Waals surface area contributed by atoms with Gasteiger partial charge in [0.05, 0.1) is 12.7 Å². The number of allylic oxidation sites excluding steroid dienone is 3. The highest BCUT2D eigenvalue weighted by Gasteiger charge is 2.39. The maximum atomic E-state index is 6.42. The second kappa shape index (κ2) is 6.42. The van der Waals surface area contributed by atoms with Gasteiger partial charge in [0.2, 0.25) is 0 Å². The Morgan fingerprint density at radius 2 is 1.91 bits per heavy atom. The SMILES string of the molecule is C1=CC2=C(CC1)CC[C@@H]1CCC[C@H](OCc3ccccc3)[C@H]21. The van der Waals surface area contributed by atoms with Gasteiger partial charge < -0.3 is 4.74 Å². The summed E-state index contributed by atoms with van der Waals surface area (Å²) < 4.78 is 6.42. The molecule has 116 valence electrons. The van der Waals surface area contributed by atoms with Crippen LogP contribution in [0.5, 0.6) is 0 Å². The third kappa shape index (κ3) is 2.79. The predicted octanol–water partition coefficient (Wildman–Crippen LogP) is 5.43. The summed E-state index contributed by atoms with van der Waals surface area (Å²) in [4.78, 5) is 0. The van der Waals surface area contributed by atoms with E-state index in [1.165, 1.54) is 50.5 Å². The quantitative estimate of drug-likeness (QED) is 0.722. The summed E-state index contributed by atoms with van der Waals surface area (Å²) >= 11 is 0. The van der Waals surface area contributed by atoms with Gasteiger partial charge in [-0.05, 0) is 55.6 Å². The average Bonchev–Trinajstić information content (AvgIpc) is 2.60. The summed E-state index contributed by atoms with van der Waals surface area (Å²) in [6.07, 6.45) is 14.5. The van der Waals surface area contributed by atoms with Crippen molar-refractivity contribution in [3.8, 4) is 0 Å². The molecule has 4 rings (SSSR count). The van der Waals surface area contributed by atoms with E-state index in [9.17, 15) is 0 Å². The van der Waals surface area contributed by atoms with Gasteiger partial charge >= 0.3 is 0 Å². The van der Waals surface area contributed by atoms with Gasteiger partial charge in [-0.1, -0.05) is 54.5 Å². The topological polar surface area (TPSA) is 9.23 Å². The number of ether oxygens (including phenoxy) is 1. The zero-order valence-corrected chi connectivity index (χ0v) is 13.3. The molecule has 0 amide bonds. The van der Waals surface area contributed by atoms with E-state index in [-0.39, 0.29) is 0 Å². The van der Waals surface area contributed by atoms with E-state index < -0.39 is 0 Å². The molecule has 0 N–H and O–H groups in total. The molecule has 0 spiro atoms. The van der Waals surface area contributed by atoms with Crippen molar-refractivity contribution in [1.29, 1.82) is 0 Å². The van der Waals surface area contributed by atoms with Crippen molar-refractivity contribution in [3.05, 3.63) is 59.2 Å². The lowest BCUT2D eigenvalue weighted by Gasteiger charge is -2.43. The van der Waals surface area contributed by atoms with Gasteiger partial charge in [0.15, 0.2) is 0 Å². The van der Waals surface area contributed by atoms with Crippen LogP contribution < -0.4 is 0 Å². The minimum atomic E-state index is 0.423. The average molecular weight is 294 g/mol. The highest BCUT2D eigenvalue weighted by molar-refractivity contribution is 5.35.